The maximum Gasteiger partial charge on any atom is 0.330 e. The predicted molar refractivity (Wildman–Crippen MR) is 240 cm³/mol. The molecule has 5 atom stereocenters. The molecule has 0 radical (unpaired) electrons. The first-order chi connectivity index (χ1) is 30.2. The van der Waals surface area contributed by atoms with Gasteiger partial charge in [-0.1, -0.05) is 54.6 Å². The molecule has 1 amide bonds. The van der Waals surface area contributed by atoms with Gasteiger partial charge in [-0.05, 0) is 89.7 Å². The Morgan fingerprint density at radius 2 is 1.51 bits per heavy atom. The molecule has 0 bridgehead atoms. The number of aromatic nitrogens is 2. The van der Waals surface area contributed by atoms with Crippen molar-refractivity contribution in [3.8, 4) is 17.6 Å². The van der Waals surface area contributed by atoms with E-state index in [1.165, 1.54) is 10.8 Å². The summed E-state index contributed by atoms with van der Waals surface area (Å²) in [7, 11) is 5.09. The van der Waals surface area contributed by atoms with E-state index in [2.05, 4.69) is 21.0 Å². The van der Waals surface area contributed by atoms with Crippen molar-refractivity contribution in [2.75, 3.05) is 61.2 Å². The quantitative estimate of drug-likeness (QED) is 0.0543. The topological polar surface area (TPSA) is 179 Å². The summed E-state index contributed by atoms with van der Waals surface area (Å²) in [6, 6.07) is 27.0. The molecule has 0 aliphatic carbocycles. The summed E-state index contributed by atoms with van der Waals surface area (Å²) in [6.07, 6.45) is -2.84. The Labute approximate surface area is 370 Å². The molecule has 1 unspecified atom stereocenters. The normalized spacial score (nSPS) is 18.2. The molecule has 0 spiro atoms. The van der Waals surface area contributed by atoms with Gasteiger partial charge in [-0.3, -0.25) is 19.1 Å². The average molecular weight is 889 g/mol. The lowest BCUT2D eigenvalue weighted by Gasteiger charge is -2.39. The number of H-pyrrole nitrogens is 1. The SMILES string of the molecule is COc1ccc(C(OC[C@H]2O[C@@H](n3cc(C)c(=O)[nH]c3=O)[C@H](OCC(=O)NCCN(C)C)[C@@H]2OP(OCCC#N)N(C(C)C)C(C)C)(c2ccccc2)c2ccc(OC)cc2)cc1. The van der Waals surface area contributed by atoms with Crippen molar-refractivity contribution in [1.29, 1.82) is 5.26 Å². The van der Waals surface area contributed by atoms with Gasteiger partial charge in [-0.25, -0.2) is 9.46 Å². The minimum absolute atomic E-state index is 0.0619. The maximum atomic E-state index is 13.7. The van der Waals surface area contributed by atoms with E-state index in [0.29, 0.717) is 24.6 Å². The van der Waals surface area contributed by atoms with Gasteiger partial charge in [-0.2, -0.15) is 5.26 Å². The first-order valence-corrected chi connectivity index (χ1v) is 22.1. The van der Waals surface area contributed by atoms with Gasteiger partial charge < -0.3 is 42.9 Å². The van der Waals surface area contributed by atoms with Crippen molar-refractivity contribution in [1.82, 2.24) is 24.4 Å². The number of aryl methyl sites for hydroxylation is 1. The van der Waals surface area contributed by atoms with Crippen LogP contribution in [0.5, 0.6) is 11.5 Å². The number of hydrogen-bond acceptors (Lipinski definition) is 13. The predicted octanol–water partition coefficient (Wildman–Crippen LogP) is 5.49. The number of hydrogen-bond donors (Lipinski definition) is 2. The molecule has 1 aromatic heterocycles. The largest absolute Gasteiger partial charge is 0.497 e. The number of nitrogens with zero attached hydrogens (tertiary/aromatic N) is 4. The number of benzene rings is 3. The third kappa shape index (κ3) is 12.2. The zero-order valence-electron chi connectivity index (χ0n) is 37.6. The zero-order chi connectivity index (χ0) is 45.7. The number of nitrogens with one attached hydrogen (secondary N) is 2. The number of nitriles is 1. The van der Waals surface area contributed by atoms with Gasteiger partial charge in [-0.15, -0.1) is 0 Å². The molecule has 3 aromatic carbocycles. The Kier molecular flexibility index (Phi) is 18.0. The first kappa shape index (κ1) is 49.1. The van der Waals surface area contributed by atoms with Crippen molar-refractivity contribution in [2.24, 2.45) is 0 Å². The van der Waals surface area contributed by atoms with Crippen LogP contribution in [0.15, 0.2) is 94.6 Å². The van der Waals surface area contributed by atoms with Crippen LogP contribution in [0.1, 0.15) is 62.6 Å². The summed E-state index contributed by atoms with van der Waals surface area (Å²) in [5, 5.41) is 12.4. The molecule has 340 valence electrons. The number of aromatic amines is 1. The van der Waals surface area contributed by atoms with Crippen molar-refractivity contribution in [3.05, 3.63) is 128 Å². The van der Waals surface area contributed by atoms with Crippen LogP contribution < -0.4 is 26.0 Å². The standard InChI is InChI=1S/C46H61N6O10P/c1-31(2)52(32(3)4)63(60-27-13-24-47)62-41-39(61-44(51-28-33(5)43(54)49-45(51)55)42(41)58-30-40(53)48-25-26-50(6)7)29-59-46(34-14-11-10-12-15-34,35-16-20-37(56-8)21-17-35)36-18-22-38(57-9)23-19-36/h10-12,14-23,28,31-32,39,41-42,44H,13,25-27,29-30H2,1-9H3,(H,48,53)(H,49,54,55)/t39-,41-,42-,44-,63?/m1/s1. The zero-order valence-corrected chi connectivity index (χ0v) is 38.5. The smallest absolute Gasteiger partial charge is 0.330 e. The van der Waals surface area contributed by atoms with Gasteiger partial charge in [0.1, 0.15) is 42.0 Å². The molecule has 5 rings (SSSR count). The minimum atomic E-state index is -1.92. The number of rotatable bonds is 23. The molecular formula is C46H61N6O10P. The third-order valence-corrected chi connectivity index (χ3v) is 12.6. The molecule has 1 aliphatic heterocycles. The lowest BCUT2D eigenvalue weighted by atomic mass is 9.80. The van der Waals surface area contributed by atoms with Crippen LogP contribution >= 0.6 is 8.53 Å². The van der Waals surface area contributed by atoms with Crippen LogP contribution in [0, 0.1) is 18.3 Å². The molecule has 2 heterocycles. The minimum Gasteiger partial charge on any atom is -0.497 e. The van der Waals surface area contributed by atoms with Gasteiger partial charge in [0.05, 0.1) is 39.9 Å². The van der Waals surface area contributed by atoms with Crippen LogP contribution in [-0.4, -0.2) is 117 Å². The summed E-state index contributed by atoms with van der Waals surface area (Å²) in [6.45, 7) is 10.2. The van der Waals surface area contributed by atoms with Crippen molar-refractivity contribution in [3.63, 3.8) is 0 Å². The summed E-state index contributed by atoms with van der Waals surface area (Å²) in [4.78, 5) is 44.0. The molecule has 1 fully saturated rings. The van der Waals surface area contributed by atoms with E-state index >= 15 is 0 Å². The van der Waals surface area contributed by atoms with Gasteiger partial charge in [0, 0.05) is 36.9 Å². The molecule has 17 heteroatoms. The van der Waals surface area contributed by atoms with E-state index < -0.39 is 56.5 Å². The number of methoxy groups -OCH3 is 2. The Bertz CT molecular complexity index is 2160. The van der Waals surface area contributed by atoms with Crippen LogP contribution in [0.4, 0.5) is 0 Å². The highest BCUT2D eigenvalue weighted by Crippen LogP contribution is 2.51. The van der Waals surface area contributed by atoms with Crippen molar-refractivity contribution < 1.29 is 37.5 Å². The first-order valence-electron chi connectivity index (χ1n) is 21.0. The van der Waals surface area contributed by atoms with Gasteiger partial charge >= 0.3 is 5.69 Å². The fourth-order valence-corrected chi connectivity index (χ4v) is 9.24. The van der Waals surface area contributed by atoms with E-state index in [1.54, 1.807) is 21.1 Å². The van der Waals surface area contributed by atoms with E-state index in [9.17, 15) is 19.6 Å². The molecule has 0 saturated carbocycles. The van der Waals surface area contributed by atoms with Gasteiger partial charge in [0.15, 0.2) is 6.23 Å². The fourth-order valence-electron chi connectivity index (χ4n) is 7.47. The van der Waals surface area contributed by atoms with Crippen LogP contribution in [-0.2, 0) is 33.7 Å². The maximum absolute atomic E-state index is 13.7. The van der Waals surface area contributed by atoms with Crippen LogP contribution in [0.25, 0.3) is 0 Å². The van der Waals surface area contributed by atoms with Crippen molar-refractivity contribution in [2.45, 2.75) is 83.3 Å². The molecule has 2 N–H and O–H groups in total. The summed E-state index contributed by atoms with van der Waals surface area (Å²) in [5.41, 5.74) is 0.0400. The highest BCUT2D eigenvalue weighted by molar-refractivity contribution is 7.44. The molecule has 63 heavy (non-hydrogen) atoms. The van der Waals surface area contributed by atoms with Gasteiger partial charge in [0.25, 0.3) is 14.1 Å². The van der Waals surface area contributed by atoms with E-state index in [-0.39, 0.29) is 43.2 Å². The number of carbonyl (C=O) groups is 1. The summed E-state index contributed by atoms with van der Waals surface area (Å²) < 4.78 is 48.6. The molecule has 1 saturated heterocycles. The Morgan fingerprint density at radius 1 is 0.921 bits per heavy atom. The molecule has 16 nitrogen and oxygen atoms in total. The number of carbonyl (C=O) groups excluding carboxylic acids is 1. The second-order valence-electron chi connectivity index (χ2n) is 15.9. The highest BCUT2D eigenvalue weighted by Gasteiger charge is 2.52. The lowest BCUT2D eigenvalue weighted by molar-refractivity contribution is -0.132. The Balaban J connectivity index is 1.69. The van der Waals surface area contributed by atoms with Crippen LogP contribution in [0.3, 0.4) is 0 Å². The number of likely N-dealkylation sites (N-methyl/N-ethyl adjacent to an activating group) is 1. The Morgan fingerprint density at radius 3 is 2.05 bits per heavy atom. The third-order valence-electron chi connectivity index (χ3n) is 10.5. The van der Waals surface area contributed by atoms with E-state index in [1.807, 2.05) is 126 Å². The monoisotopic (exact) mass is 888 g/mol. The lowest BCUT2D eigenvalue weighted by Crippen LogP contribution is -2.45. The second kappa shape index (κ2) is 23.1. The number of ether oxygens (including phenoxy) is 5. The van der Waals surface area contributed by atoms with E-state index in [0.717, 1.165) is 16.7 Å². The summed E-state index contributed by atoms with van der Waals surface area (Å²) in [5.74, 6) is 0.922. The molecule has 1 aliphatic rings. The fraction of sp³-hybridized carbons (Fsp3) is 0.478. The molecule has 4 aromatic rings. The van der Waals surface area contributed by atoms with Crippen molar-refractivity contribution >= 4 is 14.4 Å². The van der Waals surface area contributed by atoms with Crippen LogP contribution in [0.2, 0.25) is 0 Å². The number of amides is 1. The average Bonchev–Trinajstić information content (AvgIpc) is 3.60. The van der Waals surface area contributed by atoms with E-state index in [4.69, 9.17) is 32.7 Å². The molecular weight excluding hydrogens is 828 g/mol. The Hall–Kier alpha value is -4.95. The summed E-state index contributed by atoms with van der Waals surface area (Å²) >= 11 is 0. The highest BCUT2D eigenvalue weighted by atomic mass is 31.2. The van der Waals surface area contributed by atoms with Gasteiger partial charge in [0.2, 0.25) is 5.91 Å². The second-order valence-corrected chi connectivity index (χ2v) is 17.3.